The normalized spacial score (nSPS) is 11.8. The molecule has 4 nitrogen and oxygen atoms in total. The van der Waals surface area contributed by atoms with E-state index in [1.54, 1.807) is 4.90 Å². The van der Waals surface area contributed by atoms with Gasteiger partial charge in [0.1, 0.15) is 6.04 Å². The predicted molar refractivity (Wildman–Crippen MR) is 144 cm³/mol. The third-order valence-corrected chi connectivity index (χ3v) is 6.85. The molecule has 3 rings (SSSR count). The Morgan fingerprint density at radius 1 is 0.882 bits per heavy atom. The molecule has 2 amide bonds. The molecule has 34 heavy (non-hydrogen) atoms. The second kappa shape index (κ2) is 13.4. The molecule has 0 heterocycles. The van der Waals surface area contributed by atoms with Gasteiger partial charge in [0.05, 0.1) is 5.75 Å². The molecule has 0 spiro atoms. The summed E-state index contributed by atoms with van der Waals surface area (Å²) in [6.45, 7) is 5.07. The van der Waals surface area contributed by atoms with E-state index in [4.69, 9.17) is 0 Å². The van der Waals surface area contributed by atoms with Crippen molar-refractivity contribution >= 4 is 39.5 Å². The zero-order chi connectivity index (χ0) is 24.3. The highest BCUT2D eigenvalue weighted by Gasteiger charge is 2.30. The lowest BCUT2D eigenvalue weighted by Crippen LogP contribution is -2.51. The van der Waals surface area contributed by atoms with Crippen molar-refractivity contribution < 1.29 is 9.59 Å². The first-order valence-electron chi connectivity index (χ1n) is 11.5. The summed E-state index contributed by atoms with van der Waals surface area (Å²) in [5, 5.41) is 3.06. The van der Waals surface area contributed by atoms with Gasteiger partial charge in [-0.1, -0.05) is 90.4 Å². The summed E-state index contributed by atoms with van der Waals surface area (Å²) >= 11 is 4.97. The summed E-state index contributed by atoms with van der Waals surface area (Å²) in [6.07, 6.45) is 0.461. The fourth-order valence-electron chi connectivity index (χ4n) is 3.51. The Labute approximate surface area is 215 Å². The average molecular weight is 540 g/mol. The van der Waals surface area contributed by atoms with Gasteiger partial charge >= 0.3 is 0 Å². The molecular weight excluding hydrogens is 508 g/mol. The maximum atomic E-state index is 13.6. The number of nitrogens with one attached hydrogen (secondary N) is 1. The summed E-state index contributed by atoms with van der Waals surface area (Å²) in [7, 11) is 0. The van der Waals surface area contributed by atoms with Crippen LogP contribution in [0.5, 0.6) is 0 Å². The fourth-order valence-corrected chi connectivity index (χ4v) is 4.58. The van der Waals surface area contributed by atoms with Crippen LogP contribution in [-0.4, -0.2) is 35.1 Å². The van der Waals surface area contributed by atoms with Crippen LogP contribution in [0.25, 0.3) is 0 Å². The number of hydrogen-bond acceptors (Lipinski definition) is 3. The zero-order valence-corrected chi connectivity index (χ0v) is 22.0. The number of rotatable bonds is 11. The van der Waals surface area contributed by atoms with Gasteiger partial charge in [-0.2, -0.15) is 0 Å². The van der Waals surface area contributed by atoms with Gasteiger partial charge in [-0.05, 0) is 41.3 Å². The van der Waals surface area contributed by atoms with E-state index in [2.05, 4.69) is 35.1 Å². The van der Waals surface area contributed by atoms with E-state index in [-0.39, 0.29) is 17.6 Å². The van der Waals surface area contributed by atoms with E-state index in [1.165, 1.54) is 11.8 Å². The summed E-state index contributed by atoms with van der Waals surface area (Å²) in [5.74, 6) is 0.416. The molecule has 0 saturated carbocycles. The third kappa shape index (κ3) is 8.33. The molecule has 0 aliphatic rings. The van der Waals surface area contributed by atoms with Crippen LogP contribution in [0.4, 0.5) is 0 Å². The van der Waals surface area contributed by atoms with Crippen molar-refractivity contribution in [1.29, 1.82) is 0 Å². The highest BCUT2D eigenvalue weighted by atomic mass is 79.9. The lowest BCUT2D eigenvalue weighted by molar-refractivity contribution is -0.139. The van der Waals surface area contributed by atoms with Crippen molar-refractivity contribution in [3.8, 4) is 0 Å². The molecule has 0 aromatic heterocycles. The molecule has 3 aromatic carbocycles. The van der Waals surface area contributed by atoms with Gasteiger partial charge < -0.3 is 10.2 Å². The van der Waals surface area contributed by atoms with Crippen molar-refractivity contribution in [3.05, 3.63) is 101 Å². The molecule has 0 radical (unpaired) electrons. The molecule has 0 aliphatic heterocycles. The topological polar surface area (TPSA) is 49.4 Å². The lowest BCUT2D eigenvalue weighted by atomic mass is 10.0. The van der Waals surface area contributed by atoms with Gasteiger partial charge in [-0.25, -0.2) is 0 Å². The zero-order valence-electron chi connectivity index (χ0n) is 19.6. The lowest BCUT2D eigenvalue weighted by Gasteiger charge is -2.32. The molecular formula is C28H31BrN2O2S. The SMILES string of the molecule is CC(C)CNC(=O)[C@@H](Cc1ccccc1)N(Cc1ccc(Br)cc1)C(=O)CSc1ccccc1. The van der Waals surface area contributed by atoms with Crippen LogP contribution in [0, 0.1) is 5.92 Å². The van der Waals surface area contributed by atoms with Gasteiger partial charge in [-0.3, -0.25) is 9.59 Å². The molecule has 0 unspecified atom stereocenters. The Kier molecular flexibility index (Phi) is 10.2. The van der Waals surface area contributed by atoms with Crippen molar-refractivity contribution in [2.45, 2.75) is 37.8 Å². The van der Waals surface area contributed by atoms with E-state index in [1.807, 2.05) is 84.9 Å². The van der Waals surface area contributed by atoms with E-state index in [9.17, 15) is 9.59 Å². The fraction of sp³-hybridized carbons (Fsp3) is 0.286. The number of amides is 2. The molecule has 0 saturated heterocycles. The smallest absolute Gasteiger partial charge is 0.243 e. The van der Waals surface area contributed by atoms with Gasteiger partial charge in [0.15, 0.2) is 0 Å². The minimum Gasteiger partial charge on any atom is -0.354 e. The highest BCUT2D eigenvalue weighted by molar-refractivity contribution is 9.10. The average Bonchev–Trinajstić information content (AvgIpc) is 2.85. The summed E-state index contributed by atoms with van der Waals surface area (Å²) in [6, 6.07) is 27.1. The van der Waals surface area contributed by atoms with Gasteiger partial charge in [0.2, 0.25) is 11.8 Å². The van der Waals surface area contributed by atoms with Crippen molar-refractivity contribution in [2.24, 2.45) is 5.92 Å². The Bertz CT molecular complexity index is 1040. The van der Waals surface area contributed by atoms with Crippen molar-refractivity contribution in [1.82, 2.24) is 10.2 Å². The number of carbonyl (C=O) groups is 2. The standard InChI is InChI=1S/C28H31BrN2O2S/c1-21(2)18-30-28(33)26(17-22-9-5-3-6-10-22)31(19-23-13-15-24(29)16-14-23)27(32)20-34-25-11-7-4-8-12-25/h3-16,21,26H,17-20H2,1-2H3,(H,30,33)/t26-/m1/s1. The monoisotopic (exact) mass is 538 g/mol. The van der Waals surface area contributed by atoms with Crippen molar-refractivity contribution in [2.75, 3.05) is 12.3 Å². The number of carbonyl (C=O) groups excluding carboxylic acids is 2. The van der Waals surface area contributed by atoms with E-state index in [0.717, 1.165) is 20.5 Å². The first-order chi connectivity index (χ1) is 16.4. The molecule has 1 N–H and O–H groups in total. The van der Waals surface area contributed by atoms with E-state index in [0.29, 0.717) is 25.4 Å². The minimum absolute atomic E-state index is 0.0580. The highest BCUT2D eigenvalue weighted by Crippen LogP contribution is 2.21. The van der Waals surface area contributed by atoms with E-state index < -0.39 is 6.04 Å². The molecule has 0 bridgehead atoms. The van der Waals surface area contributed by atoms with Crippen LogP contribution in [0.2, 0.25) is 0 Å². The van der Waals surface area contributed by atoms with Gasteiger partial charge in [0.25, 0.3) is 0 Å². The Morgan fingerprint density at radius 3 is 2.12 bits per heavy atom. The number of thioether (sulfide) groups is 1. The second-order valence-electron chi connectivity index (χ2n) is 8.59. The van der Waals surface area contributed by atoms with Crippen LogP contribution in [0.3, 0.4) is 0 Å². The predicted octanol–water partition coefficient (Wildman–Crippen LogP) is 5.95. The first kappa shape index (κ1) is 26.0. The Hall–Kier alpha value is -2.57. The van der Waals surface area contributed by atoms with Crippen molar-refractivity contribution in [3.63, 3.8) is 0 Å². The van der Waals surface area contributed by atoms with Crippen LogP contribution >= 0.6 is 27.7 Å². The number of nitrogens with zero attached hydrogens (tertiary/aromatic N) is 1. The first-order valence-corrected chi connectivity index (χ1v) is 13.2. The maximum absolute atomic E-state index is 13.6. The molecule has 3 aromatic rings. The molecule has 0 aliphatic carbocycles. The molecule has 0 fully saturated rings. The summed E-state index contributed by atoms with van der Waals surface area (Å²) in [5.41, 5.74) is 2.01. The third-order valence-electron chi connectivity index (χ3n) is 5.33. The van der Waals surface area contributed by atoms with Crippen LogP contribution in [0.1, 0.15) is 25.0 Å². The van der Waals surface area contributed by atoms with Crippen LogP contribution in [-0.2, 0) is 22.6 Å². The quantitative estimate of drug-likeness (QED) is 0.306. The number of halogens is 1. The number of hydrogen-bond donors (Lipinski definition) is 1. The second-order valence-corrected chi connectivity index (χ2v) is 10.6. The molecule has 178 valence electrons. The maximum Gasteiger partial charge on any atom is 0.243 e. The minimum atomic E-state index is -0.603. The largest absolute Gasteiger partial charge is 0.354 e. The van der Waals surface area contributed by atoms with E-state index >= 15 is 0 Å². The Morgan fingerprint density at radius 2 is 1.50 bits per heavy atom. The number of benzene rings is 3. The van der Waals surface area contributed by atoms with Gasteiger partial charge in [0, 0.05) is 28.9 Å². The summed E-state index contributed by atoms with van der Waals surface area (Å²) in [4.78, 5) is 29.7. The molecule has 1 atom stereocenters. The Balaban J connectivity index is 1.88. The van der Waals surface area contributed by atoms with Crippen LogP contribution < -0.4 is 5.32 Å². The molecule has 6 heteroatoms. The van der Waals surface area contributed by atoms with Crippen LogP contribution in [0.15, 0.2) is 94.3 Å². The van der Waals surface area contributed by atoms with Gasteiger partial charge in [-0.15, -0.1) is 11.8 Å². The summed E-state index contributed by atoms with van der Waals surface area (Å²) < 4.78 is 0.976.